The van der Waals surface area contributed by atoms with Crippen LogP contribution in [0.2, 0.25) is 5.02 Å². The molecule has 2 aromatic rings. The summed E-state index contributed by atoms with van der Waals surface area (Å²) < 4.78 is 0. The average Bonchev–Trinajstić information content (AvgIpc) is 2.49. The number of rotatable bonds is 3. The van der Waals surface area contributed by atoms with Gasteiger partial charge in [-0.1, -0.05) is 36.0 Å². The second-order valence-electron chi connectivity index (χ2n) is 4.41. The van der Waals surface area contributed by atoms with Crippen LogP contribution >= 0.6 is 23.8 Å². The van der Waals surface area contributed by atoms with Crippen molar-refractivity contribution in [3.63, 3.8) is 0 Å². The number of urea groups is 1. The number of anilines is 2. The van der Waals surface area contributed by atoms with Crippen molar-refractivity contribution < 1.29 is 4.79 Å². The molecule has 108 valence electrons. The molecule has 0 aliphatic heterocycles. The fourth-order valence-corrected chi connectivity index (χ4v) is 1.98. The van der Waals surface area contributed by atoms with Gasteiger partial charge in [0.05, 0.1) is 0 Å². The second kappa shape index (κ2) is 6.56. The maximum absolute atomic E-state index is 12.2. The van der Waals surface area contributed by atoms with Crippen LogP contribution in [0.3, 0.4) is 0 Å². The van der Waals surface area contributed by atoms with Gasteiger partial charge >= 0.3 is 6.03 Å². The zero-order chi connectivity index (χ0) is 15.4. The van der Waals surface area contributed by atoms with Crippen LogP contribution in [0.15, 0.2) is 48.5 Å². The van der Waals surface area contributed by atoms with Gasteiger partial charge in [0.1, 0.15) is 4.99 Å². The smallest absolute Gasteiger partial charge is 0.326 e. The van der Waals surface area contributed by atoms with E-state index in [2.05, 4.69) is 5.32 Å². The van der Waals surface area contributed by atoms with Gasteiger partial charge in [0.2, 0.25) is 0 Å². The monoisotopic (exact) mass is 319 g/mol. The molecule has 0 aliphatic rings. The lowest BCUT2D eigenvalue weighted by Crippen LogP contribution is -2.31. The summed E-state index contributed by atoms with van der Waals surface area (Å²) in [6.45, 7) is 0. The highest BCUT2D eigenvalue weighted by atomic mass is 35.5. The van der Waals surface area contributed by atoms with Crippen LogP contribution < -0.4 is 16.0 Å². The Morgan fingerprint density at radius 3 is 2.52 bits per heavy atom. The molecule has 3 N–H and O–H groups in total. The van der Waals surface area contributed by atoms with Gasteiger partial charge in [0, 0.05) is 29.0 Å². The van der Waals surface area contributed by atoms with Crippen molar-refractivity contribution in [2.75, 3.05) is 17.3 Å². The molecule has 6 heteroatoms. The van der Waals surface area contributed by atoms with Gasteiger partial charge in [0.15, 0.2) is 0 Å². The normalized spacial score (nSPS) is 10.0. The Kier molecular flexibility index (Phi) is 4.77. The first kappa shape index (κ1) is 15.3. The molecule has 0 unspecified atom stereocenters. The molecule has 0 spiro atoms. The van der Waals surface area contributed by atoms with E-state index in [0.717, 1.165) is 0 Å². The Hall–Kier alpha value is -2.11. The number of carbonyl (C=O) groups is 1. The summed E-state index contributed by atoms with van der Waals surface area (Å²) in [5.41, 5.74) is 7.68. The molecule has 0 fully saturated rings. The van der Waals surface area contributed by atoms with Crippen molar-refractivity contribution in [2.45, 2.75) is 0 Å². The van der Waals surface area contributed by atoms with Crippen LogP contribution in [0.5, 0.6) is 0 Å². The molecular formula is C15H14ClN3OS. The lowest BCUT2D eigenvalue weighted by Gasteiger charge is -2.18. The number of amides is 2. The first-order valence-electron chi connectivity index (χ1n) is 6.17. The van der Waals surface area contributed by atoms with E-state index in [1.54, 1.807) is 49.5 Å². The van der Waals surface area contributed by atoms with E-state index in [9.17, 15) is 4.79 Å². The summed E-state index contributed by atoms with van der Waals surface area (Å²) in [6.07, 6.45) is 0. The fourth-order valence-electron chi connectivity index (χ4n) is 1.73. The third-order valence-electron chi connectivity index (χ3n) is 2.92. The zero-order valence-electron chi connectivity index (χ0n) is 11.3. The Morgan fingerprint density at radius 1 is 1.24 bits per heavy atom. The number of thiocarbonyl (C=S) groups is 1. The molecule has 0 saturated heterocycles. The number of carbonyl (C=O) groups excluding carboxylic acids is 1. The summed E-state index contributed by atoms with van der Waals surface area (Å²) in [7, 11) is 1.67. The van der Waals surface area contributed by atoms with E-state index in [1.807, 2.05) is 6.07 Å². The van der Waals surface area contributed by atoms with Crippen molar-refractivity contribution >= 4 is 46.2 Å². The number of nitrogens with one attached hydrogen (secondary N) is 1. The maximum Gasteiger partial charge on any atom is 0.326 e. The summed E-state index contributed by atoms with van der Waals surface area (Å²) in [6, 6.07) is 13.8. The number of hydrogen-bond donors (Lipinski definition) is 2. The van der Waals surface area contributed by atoms with Gasteiger partial charge < -0.3 is 11.1 Å². The van der Waals surface area contributed by atoms with Crippen LogP contribution in [0.1, 0.15) is 5.56 Å². The topological polar surface area (TPSA) is 58.4 Å². The van der Waals surface area contributed by atoms with E-state index in [-0.39, 0.29) is 6.03 Å². The summed E-state index contributed by atoms with van der Waals surface area (Å²) in [4.78, 5) is 14.0. The fraction of sp³-hybridized carbons (Fsp3) is 0.0667. The Balaban J connectivity index is 2.13. The van der Waals surface area contributed by atoms with E-state index < -0.39 is 0 Å². The Labute approximate surface area is 133 Å². The lowest BCUT2D eigenvalue weighted by molar-refractivity contribution is 0.258. The molecule has 21 heavy (non-hydrogen) atoms. The third-order valence-corrected chi connectivity index (χ3v) is 3.41. The minimum Gasteiger partial charge on any atom is -0.389 e. The van der Waals surface area contributed by atoms with Gasteiger partial charge in [0.25, 0.3) is 0 Å². The van der Waals surface area contributed by atoms with Crippen molar-refractivity contribution in [1.82, 2.24) is 0 Å². The minimum atomic E-state index is -0.266. The van der Waals surface area contributed by atoms with Crippen LogP contribution in [0, 0.1) is 0 Å². The van der Waals surface area contributed by atoms with Crippen molar-refractivity contribution in [3.8, 4) is 0 Å². The number of hydrogen-bond acceptors (Lipinski definition) is 2. The first-order chi connectivity index (χ1) is 9.97. The largest absolute Gasteiger partial charge is 0.389 e. The standard InChI is InChI=1S/C15H14ClN3OS/c1-19(13-4-2-3-10(9-13)14(17)21)15(20)18-12-7-5-11(16)6-8-12/h2-9H,1H3,(H2,17,21)(H,18,20). The van der Waals surface area contributed by atoms with Gasteiger partial charge in [-0.2, -0.15) is 0 Å². The zero-order valence-corrected chi connectivity index (χ0v) is 12.9. The van der Waals surface area contributed by atoms with E-state index in [1.165, 1.54) is 4.90 Å². The Bertz CT molecular complexity index is 673. The van der Waals surface area contributed by atoms with E-state index >= 15 is 0 Å². The van der Waals surface area contributed by atoms with Crippen molar-refractivity contribution in [2.24, 2.45) is 5.73 Å². The molecule has 0 aliphatic carbocycles. The number of halogens is 1. The van der Waals surface area contributed by atoms with E-state index in [4.69, 9.17) is 29.6 Å². The third kappa shape index (κ3) is 3.93. The number of benzene rings is 2. The SMILES string of the molecule is CN(C(=O)Nc1ccc(Cl)cc1)c1cccc(C(N)=S)c1. The predicted molar refractivity (Wildman–Crippen MR) is 91.2 cm³/mol. The number of nitrogens with two attached hydrogens (primary N) is 1. The Morgan fingerprint density at radius 2 is 1.90 bits per heavy atom. The molecule has 0 heterocycles. The van der Waals surface area contributed by atoms with Crippen molar-refractivity contribution in [3.05, 3.63) is 59.1 Å². The van der Waals surface area contributed by atoms with Gasteiger partial charge in [-0.05, 0) is 36.4 Å². The minimum absolute atomic E-state index is 0.266. The molecule has 0 atom stereocenters. The highest BCUT2D eigenvalue weighted by molar-refractivity contribution is 7.80. The van der Waals surface area contributed by atoms with Gasteiger partial charge in [-0.15, -0.1) is 0 Å². The van der Waals surface area contributed by atoms with Crippen LogP contribution in [0.4, 0.5) is 16.2 Å². The van der Waals surface area contributed by atoms with Crippen LogP contribution in [-0.2, 0) is 0 Å². The lowest BCUT2D eigenvalue weighted by atomic mass is 10.2. The van der Waals surface area contributed by atoms with E-state index in [0.29, 0.717) is 26.9 Å². The molecule has 4 nitrogen and oxygen atoms in total. The second-order valence-corrected chi connectivity index (χ2v) is 5.29. The van der Waals surface area contributed by atoms with Crippen LogP contribution in [0.25, 0.3) is 0 Å². The average molecular weight is 320 g/mol. The molecule has 2 aromatic carbocycles. The summed E-state index contributed by atoms with van der Waals surface area (Å²) in [5.74, 6) is 0. The predicted octanol–water partition coefficient (Wildman–Crippen LogP) is 3.64. The van der Waals surface area contributed by atoms with Crippen LogP contribution in [-0.4, -0.2) is 18.1 Å². The molecule has 2 amide bonds. The highest BCUT2D eigenvalue weighted by Gasteiger charge is 2.11. The highest BCUT2D eigenvalue weighted by Crippen LogP contribution is 2.18. The maximum atomic E-state index is 12.2. The van der Waals surface area contributed by atoms with Gasteiger partial charge in [-0.3, -0.25) is 4.90 Å². The molecule has 0 saturated carbocycles. The summed E-state index contributed by atoms with van der Waals surface area (Å²) in [5, 5.41) is 3.40. The number of nitrogens with zero attached hydrogens (tertiary/aromatic N) is 1. The molecule has 0 radical (unpaired) electrons. The van der Waals surface area contributed by atoms with Crippen molar-refractivity contribution in [1.29, 1.82) is 0 Å². The molecule has 2 rings (SSSR count). The molecule has 0 aromatic heterocycles. The van der Waals surface area contributed by atoms with Gasteiger partial charge in [-0.25, -0.2) is 4.79 Å². The molecule has 0 bridgehead atoms. The first-order valence-corrected chi connectivity index (χ1v) is 6.96. The molecular weight excluding hydrogens is 306 g/mol. The quantitative estimate of drug-likeness (QED) is 0.849. The summed E-state index contributed by atoms with van der Waals surface area (Å²) >= 11 is 10.7.